The van der Waals surface area contributed by atoms with Crippen molar-refractivity contribution in [3.05, 3.63) is 34.9 Å². The van der Waals surface area contributed by atoms with E-state index in [-0.39, 0.29) is 0 Å². The number of halogens is 1. The third-order valence-electron chi connectivity index (χ3n) is 1.25. The highest BCUT2D eigenvalue weighted by molar-refractivity contribution is 7.80. The Bertz CT molecular complexity index is 238. The van der Waals surface area contributed by atoms with Crippen LogP contribution in [0.4, 0.5) is 0 Å². The summed E-state index contributed by atoms with van der Waals surface area (Å²) in [6.07, 6.45) is 0. The van der Waals surface area contributed by atoms with Crippen molar-refractivity contribution in [2.75, 3.05) is 0 Å². The highest BCUT2D eigenvalue weighted by Gasteiger charge is 1.92. The van der Waals surface area contributed by atoms with Crippen LogP contribution in [-0.4, -0.2) is 4.86 Å². The van der Waals surface area contributed by atoms with Crippen molar-refractivity contribution in [3.63, 3.8) is 0 Å². The van der Waals surface area contributed by atoms with E-state index in [4.69, 9.17) is 23.8 Å². The fourth-order valence-corrected chi connectivity index (χ4v) is 0.947. The normalized spacial score (nSPS) is 9.40. The minimum absolute atomic E-state index is 0.750. The Kier molecular flexibility index (Phi) is 2.41. The largest absolute Gasteiger partial charge is 0.0846 e. The molecule has 0 radical (unpaired) electrons. The maximum Gasteiger partial charge on any atom is 0.0406 e. The first-order valence-corrected chi connectivity index (χ1v) is 3.75. The molecule has 0 N–H and O–H groups in total. The molecule has 10 heavy (non-hydrogen) atoms. The van der Waals surface area contributed by atoms with Crippen LogP contribution >= 0.6 is 23.8 Å². The maximum absolute atomic E-state index is 5.67. The van der Waals surface area contributed by atoms with Gasteiger partial charge in [-0.05, 0) is 24.6 Å². The lowest BCUT2D eigenvalue weighted by Crippen LogP contribution is -1.87. The van der Waals surface area contributed by atoms with E-state index in [1.54, 1.807) is 0 Å². The van der Waals surface area contributed by atoms with Crippen molar-refractivity contribution >= 4 is 28.7 Å². The Morgan fingerprint density at radius 2 is 1.80 bits per heavy atom. The van der Waals surface area contributed by atoms with E-state index >= 15 is 0 Å². The van der Waals surface area contributed by atoms with Crippen molar-refractivity contribution in [2.24, 2.45) is 0 Å². The summed E-state index contributed by atoms with van der Waals surface area (Å²) in [6.45, 7) is 1.90. The van der Waals surface area contributed by atoms with Crippen LogP contribution in [0.15, 0.2) is 24.3 Å². The second kappa shape index (κ2) is 3.13. The molecule has 52 valence electrons. The Hall–Kier alpha value is -0.400. The van der Waals surface area contributed by atoms with Crippen LogP contribution in [0, 0.1) is 0 Å². The predicted octanol–water partition coefficient (Wildman–Crippen LogP) is 3.08. The third-order valence-corrected chi connectivity index (χ3v) is 1.74. The number of hydrogen-bond donors (Lipinski definition) is 0. The van der Waals surface area contributed by atoms with Gasteiger partial charge in [-0.3, -0.25) is 0 Å². The molecule has 1 aromatic carbocycles. The second-order valence-electron chi connectivity index (χ2n) is 2.06. The molecule has 0 amide bonds. The van der Waals surface area contributed by atoms with Gasteiger partial charge in [0, 0.05) is 9.89 Å². The molecule has 0 saturated heterocycles. The second-order valence-corrected chi connectivity index (χ2v) is 3.11. The van der Waals surface area contributed by atoms with Gasteiger partial charge in [-0.2, -0.15) is 0 Å². The molecule has 0 aliphatic rings. The minimum atomic E-state index is 0.750. The summed E-state index contributed by atoms with van der Waals surface area (Å²) in [4.78, 5) is 0.900. The van der Waals surface area contributed by atoms with Gasteiger partial charge in [0.15, 0.2) is 0 Å². The molecule has 0 saturated carbocycles. The molecule has 0 aliphatic heterocycles. The average Bonchev–Trinajstić information content (AvgIpc) is 1.88. The van der Waals surface area contributed by atoms with Crippen molar-refractivity contribution in [1.29, 1.82) is 0 Å². The zero-order valence-electron chi connectivity index (χ0n) is 5.60. The molecule has 0 aliphatic carbocycles. The van der Waals surface area contributed by atoms with E-state index in [1.165, 1.54) is 0 Å². The van der Waals surface area contributed by atoms with Crippen LogP contribution < -0.4 is 0 Å². The molecule has 0 bridgehead atoms. The Balaban J connectivity index is 3.00. The first-order chi connectivity index (χ1) is 4.70. The van der Waals surface area contributed by atoms with Gasteiger partial charge in [0.1, 0.15) is 0 Å². The van der Waals surface area contributed by atoms with Crippen molar-refractivity contribution < 1.29 is 0 Å². The molecule has 2 heteroatoms. The molecule has 0 unspecified atom stereocenters. The SMILES string of the molecule is CC(=S)c1ccc(Cl)cc1. The van der Waals surface area contributed by atoms with E-state index in [0.717, 1.165) is 15.5 Å². The van der Waals surface area contributed by atoms with E-state index in [0.29, 0.717) is 0 Å². The summed E-state index contributed by atoms with van der Waals surface area (Å²) in [6, 6.07) is 7.52. The van der Waals surface area contributed by atoms with Crippen LogP contribution in [-0.2, 0) is 0 Å². The van der Waals surface area contributed by atoms with Crippen LogP contribution in [0.3, 0.4) is 0 Å². The number of hydrogen-bond acceptors (Lipinski definition) is 1. The molecule has 0 aromatic heterocycles. The number of rotatable bonds is 1. The van der Waals surface area contributed by atoms with Crippen LogP contribution in [0.1, 0.15) is 12.5 Å². The van der Waals surface area contributed by atoms with Crippen molar-refractivity contribution in [3.8, 4) is 0 Å². The van der Waals surface area contributed by atoms with E-state index < -0.39 is 0 Å². The molecule has 0 spiro atoms. The zero-order chi connectivity index (χ0) is 7.56. The lowest BCUT2D eigenvalue weighted by Gasteiger charge is -1.95. The van der Waals surface area contributed by atoms with Gasteiger partial charge in [-0.1, -0.05) is 36.0 Å². The molecular formula is C8H7ClS. The molecule has 0 atom stereocenters. The lowest BCUT2D eigenvalue weighted by atomic mass is 10.2. The van der Waals surface area contributed by atoms with Gasteiger partial charge < -0.3 is 0 Å². The summed E-state index contributed by atoms with van der Waals surface area (Å²) in [5.41, 5.74) is 1.07. The predicted molar refractivity (Wildman–Crippen MR) is 48.8 cm³/mol. The fourth-order valence-electron chi connectivity index (χ4n) is 0.685. The van der Waals surface area contributed by atoms with Crippen LogP contribution in [0.25, 0.3) is 0 Å². The topological polar surface area (TPSA) is 0 Å². The molecular weight excluding hydrogens is 164 g/mol. The summed E-state index contributed by atoms with van der Waals surface area (Å²) >= 11 is 10.6. The van der Waals surface area contributed by atoms with Gasteiger partial charge in [0.05, 0.1) is 0 Å². The Morgan fingerprint density at radius 1 is 1.30 bits per heavy atom. The minimum Gasteiger partial charge on any atom is -0.0846 e. The summed E-state index contributed by atoms with van der Waals surface area (Å²) in [7, 11) is 0. The van der Waals surface area contributed by atoms with Crippen LogP contribution in [0.5, 0.6) is 0 Å². The highest BCUT2D eigenvalue weighted by atomic mass is 35.5. The smallest absolute Gasteiger partial charge is 0.0406 e. The maximum atomic E-state index is 5.67. The Morgan fingerprint density at radius 3 is 2.20 bits per heavy atom. The number of benzene rings is 1. The quantitative estimate of drug-likeness (QED) is 0.461. The monoisotopic (exact) mass is 170 g/mol. The van der Waals surface area contributed by atoms with Crippen LogP contribution in [0.2, 0.25) is 5.02 Å². The van der Waals surface area contributed by atoms with Crippen molar-refractivity contribution in [1.82, 2.24) is 0 Å². The van der Waals surface area contributed by atoms with Gasteiger partial charge in [0.25, 0.3) is 0 Å². The molecule has 0 fully saturated rings. The Labute approximate surface area is 70.8 Å². The van der Waals surface area contributed by atoms with Gasteiger partial charge >= 0.3 is 0 Å². The standard InChI is InChI=1S/C8H7ClS/c1-6(10)7-2-4-8(9)5-3-7/h2-5H,1H3. The first kappa shape index (κ1) is 7.70. The van der Waals surface area contributed by atoms with E-state index in [1.807, 2.05) is 31.2 Å². The van der Waals surface area contributed by atoms with Crippen molar-refractivity contribution in [2.45, 2.75) is 6.92 Å². The molecule has 0 nitrogen and oxygen atoms in total. The summed E-state index contributed by atoms with van der Waals surface area (Å²) in [5, 5.41) is 0.750. The van der Waals surface area contributed by atoms with Gasteiger partial charge in [-0.25, -0.2) is 0 Å². The molecule has 0 heterocycles. The van der Waals surface area contributed by atoms with Gasteiger partial charge in [-0.15, -0.1) is 0 Å². The summed E-state index contributed by atoms with van der Waals surface area (Å²) in [5.74, 6) is 0. The molecule has 1 aromatic rings. The highest BCUT2D eigenvalue weighted by Crippen LogP contribution is 2.09. The third kappa shape index (κ3) is 1.79. The summed E-state index contributed by atoms with van der Waals surface area (Å²) < 4.78 is 0. The molecule has 1 rings (SSSR count). The first-order valence-electron chi connectivity index (χ1n) is 2.96. The van der Waals surface area contributed by atoms with Gasteiger partial charge in [0.2, 0.25) is 0 Å². The fraction of sp³-hybridized carbons (Fsp3) is 0.125. The van der Waals surface area contributed by atoms with E-state index in [9.17, 15) is 0 Å². The number of thiocarbonyl (C=S) groups is 1. The zero-order valence-corrected chi connectivity index (χ0v) is 7.17. The van der Waals surface area contributed by atoms with E-state index in [2.05, 4.69) is 0 Å². The lowest BCUT2D eigenvalue weighted by molar-refractivity contribution is 1.65. The average molecular weight is 171 g/mol.